The second kappa shape index (κ2) is 12.4. The van der Waals surface area contributed by atoms with Gasteiger partial charge >= 0.3 is 5.97 Å². The minimum atomic E-state index is -0.894. The highest BCUT2D eigenvalue weighted by molar-refractivity contribution is 5.71. The third-order valence-electron chi connectivity index (χ3n) is 6.58. The molecule has 0 unspecified atom stereocenters. The fourth-order valence-electron chi connectivity index (χ4n) is 4.64. The molecule has 0 aromatic heterocycles. The Balaban J connectivity index is 1.79. The predicted octanol–water partition coefficient (Wildman–Crippen LogP) is 7.89. The first-order chi connectivity index (χ1) is 18.0. The van der Waals surface area contributed by atoms with Gasteiger partial charge in [-0.2, -0.15) is 0 Å². The molecule has 5 heteroatoms. The van der Waals surface area contributed by atoms with E-state index in [1.54, 1.807) is 13.0 Å². The fraction of sp³-hybridized carbons (Fsp3) is 0.219. The van der Waals surface area contributed by atoms with E-state index < -0.39 is 11.6 Å². The summed E-state index contributed by atoms with van der Waals surface area (Å²) in [5, 5.41) is 0. The fourth-order valence-corrected chi connectivity index (χ4v) is 4.64. The van der Waals surface area contributed by atoms with Crippen LogP contribution in [0.15, 0.2) is 103 Å². The Bertz CT molecular complexity index is 1310. The predicted molar refractivity (Wildman–Crippen MR) is 143 cm³/mol. The Hall–Kier alpha value is -3.83. The van der Waals surface area contributed by atoms with Crippen LogP contribution in [-0.4, -0.2) is 17.5 Å². The number of benzene rings is 4. The van der Waals surface area contributed by atoms with Crippen LogP contribution in [0, 0.1) is 11.6 Å². The van der Waals surface area contributed by atoms with E-state index in [0.717, 1.165) is 28.3 Å². The summed E-state index contributed by atoms with van der Waals surface area (Å²) in [4.78, 5) is 15.1. The molecule has 0 amide bonds. The van der Waals surface area contributed by atoms with E-state index in [9.17, 15) is 13.6 Å². The Kier molecular flexibility index (Phi) is 8.81. The Labute approximate surface area is 217 Å². The molecule has 4 rings (SSSR count). The average molecular weight is 500 g/mol. The van der Waals surface area contributed by atoms with Crippen LogP contribution in [0.4, 0.5) is 8.78 Å². The average Bonchev–Trinajstić information content (AvgIpc) is 2.93. The van der Waals surface area contributed by atoms with Crippen LogP contribution in [0.1, 0.15) is 49.0 Å². The maximum absolute atomic E-state index is 14.0. The van der Waals surface area contributed by atoms with E-state index in [0.29, 0.717) is 18.7 Å². The molecule has 3 nitrogen and oxygen atoms in total. The number of ether oxygens (including phenoxy) is 1. The first kappa shape index (κ1) is 26.2. The third-order valence-corrected chi connectivity index (χ3v) is 6.58. The molecule has 0 aliphatic carbocycles. The molecule has 190 valence electrons. The molecule has 0 spiro atoms. The summed E-state index contributed by atoms with van der Waals surface area (Å²) in [6.07, 6.45) is 0.152. The van der Waals surface area contributed by atoms with Gasteiger partial charge in [0.1, 0.15) is 0 Å². The minimum absolute atomic E-state index is 0.0206. The van der Waals surface area contributed by atoms with Gasteiger partial charge in [0.25, 0.3) is 0 Å². The van der Waals surface area contributed by atoms with Crippen molar-refractivity contribution >= 4 is 5.97 Å². The number of carbonyl (C=O) groups excluding carboxylic acids is 1. The van der Waals surface area contributed by atoms with Crippen molar-refractivity contribution < 1.29 is 18.3 Å². The number of carbonyl (C=O) groups is 1. The van der Waals surface area contributed by atoms with E-state index in [2.05, 4.69) is 36.1 Å². The number of hydrogen-bond donors (Lipinski definition) is 0. The summed E-state index contributed by atoms with van der Waals surface area (Å²) < 4.78 is 32.9. The molecule has 0 saturated heterocycles. The number of nitrogens with zero attached hydrogens (tertiary/aromatic N) is 1. The van der Waals surface area contributed by atoms with Crippen molar-refractivity contribution in [3.8, 4) is 11.1 Å². The lowest BCUT2D eigenvalue weighted by Crippen LogP contribution is -2.33. The molecule has 37 heavy (non-hydrogen) atoms. The topological polar surface area (TPSA) is 29.5 Å². The second-order valence-electron chi connectivity index (χ2n) is 9.02. The van der Waals surface area contributed by atoms with Gasteiger partial charge in [-0.3, -0.25) is 9.69 Å². The van der Waals surface area contributed by atoms with Gasteiger partial charge in [0.2, 0.25) is 0 Å². The van der Waals surface area contributed by atoms with Crippen LogP contribution >= 0.6 is 0 Å². The van der Waals surface area contributed by atoms with Gasteiger partial charge in [-0.1, -0.05) is 84.9 Å². The zero-order valence-electron chi connectivity index (χ0n) is 21.1. The maximum Gasteiger partial charge on any atom is 0.307 e. The summed E-state index contributed by atoms with van der Waals surface area (Å²) in [5.74, 6) is -2.07. The molecule has 0 N–H and O–H groups in total. The summed E-state index contributed by atoms with van der Waals surface area (Å²) in [7, 11) is 0. The van der Waals surface area contributed by atoms with Crippen molar-refractivity contribution in [1.82, 2.24) is 4.90 Å². The Morgan fingerprint density at radius 1 is 0.784 bits per heavy atom. The summed E-state index contributed by atoms with van der Waals surface area (Å²) in [6, 6.07) is 31.5. The number of halogens is 2. The molecular weight excluding hydrogens is 468 g/mol. The highest BCUT2D eigenvalue weighted by atomic mass is 19.2. The lowest BCUT2D eigenvalue weighted by Gasteiger charge is -2.37. The van der Waals surface area contributed by atoms with Crippen molar-refractivity contribution in [2.45, 2.75) is 38.9 Å². The Morgan fingerprint density at radius 3 is 2.11 bits per heavy atom. The second-order valence-corrected chi connectivity index (χ2v) is 9.02. The zero-order valence-corrected chi connectivity index (χ0v) is 21.1. The van der Waals surface area contributed by atoms with Gasteiger partial charge in [-0.15, -0.1) is 0 Å². The number of esters is 1. The van der Waals surface area contributed by atoms with Crippen LogP contribution in [-0.2, 0) is 16.1 Å². The van der Waals surface area contributed by atoms with Crippen molar-refractivity contribution in [3.05, 3.63) is 131 Å². The molecule has 4 aromatic carbocycles. The zero-order chi connectivity index (χ0) is 26.2. The van der Waals surface area contributed by atoms with Crippen molar-refractivity contribution in [1.29, 1.82) is 0 Å². The van der Waals surface area contributed by atoms with Gasteiger partial charge in [0.05, 0.1) is 13.0 Å². The van der Waals surface area contributed by atoms with E-state index >= 15 is 0 Å². The molecule has 0 fully saturated rings. The van der Waals surface area contributed by atoms with Crippen molar-refractivity contribution in [2.75, 3.05) is 6.61 Å². The van der Waals surface area contributed by atoms with Crippen LogP contribution in [0.2, 0.25) is 0 Å². The van der Waals surface area contributed by atoms with E-state index in [1.807, 2.05) is 60.7 Å². The largest absolute Gasteiger partial charge is 0.466 e. The quantitative estimate of drug-likeness (QED) is 0.208. The third kappa shape index (κ3) is 6.69. The lowest BCUT2D eigenvalue weighted by molar-refractivity contribution is -0.145. The standard InChI is InChI=1S/C32H31F2NO2/c1-3-37-32(36)21-31(28-16-10-15-26(19-28)27-17-18-29(33)30(34)20-27)35(22-24-11-6-4-7-12-24)23(2)25-13-8-5-9-14-25/h4-20,23,31H,3,21-22H2,1-2H3/t23-,31+/m1/s1. The molecular formula is C32H31F2NO2. The van der Waals surface area contributed by atoms with Crippen LogP contribution in [0.5, 0.6) is 0 Å². The highest BCUT2D eigenvalue weighted by Gasteiger charge is 2.29. The summed E-state index contributed by atoms with van der Waals surface area (Å²) >= 11 is 0. The van der Waals surface area contributed by atoms with E-state index in [4.69, 9.17) is 4.74 Å². The molecule has 0 heterocycles. The van der Waals surface area contributed by atoms with Crippen LogP contribution < -0.4 is 0 Å². The molecule has 4 aromatic rings. The molecule has 0 radical (unpaired) electrons. The summed E-state index contributed by atoms with van der Waals surface area (Å²) in [6.45, 7) is 4.84. The number of rotatable bonds is 10. The normalized spacial score (nSPS) is 12.8. The number of hydrogen-bond acceptors (Lipinski definition) is 3. The van der Waals surface area contributed by atoms with Gasteiger partial charge in [0.15, 0.2) is 11.6 Å². The van der Waals surface area contributed by atoms with Crippen molar-refractivity contribution in [2.24, 2.45) is 0 Å². The first-order valence-corrected chi connectivity index (χ1v) is 12.5. The lowest BCUT2D eigenvalue weighted by atomic mass is 9.94. The molecule has 0 aliphatic heterocycles. The molecule has 0 saturated carbocycles. The first-order valence-electron chi connectivity index (χ1n) is 12.5. The Morgan fingerprint density at radius 2 is 1.43 bits per heavy atom. The van der Waals surface area contributed by atoms with Gasteiger partial charge in [-0.25, -0.2) is 8.78 Å². The summed E-state index contributed by atoms with van der Waals surface area (Å²) in [5.41, 5.74) is 4.47. The van der Waals surface area contributed by atoms with E-state index in [-0.39, 0.29) is 24.5 Å². The van der Waals surface area contributed by atoms with Crippen LogP contribution in [0.25, 0.3) is 11.1 Å². The van der Waals surface area contributed by atoms with Gasteiger partial charge in [-0.05, 0) is 59.9 Å². The minimum Gasteiger partial charge on any atom is -0.466 e. The molecule has 0 bridgehead atoms. The maximum atomic E-state index is 14.0. The molecule has 0 aliphatic rings. The SMILES string of the molecule is CCOC(=O)C[C@@H](c1cccc(-c2ccc(F)c(F)c2)c1)N(Cc1ccccc1)[C@H](C)c1ccccc1. The highest BCUT2D eigenvalue weighted by Crippen LogP contribution is 2.36. The van der Waals surface area contributed by atoms with E-state index in [1.165, 1.54) is 6.07 Å². The smallest absolute Gasteiger partial charge is 0.307 e. The van der Waals surface area contributed by atoms with Gasteiger partial charge < -0.3 is 4.74 Å². The van der Waals surface area contributed by atoms with Gasteiger partial charge in [0, 0.05) is 18.6 Å². The van der Waals surface area contributed by atoms with Crippen molar-refractivity contribution in [3.63, 3.8) is 0 Å². The monoisotopic (exact) mass is 499 g/mol. The van der Waals surface area contributed by atoms with Crippen LogP contribution in [0.3, 0.4) is 0 Å². The molecule has 2 atom stereocenters.